The summed E-state index contributed by atoms with van der Waals surface area (Å²) in [5.74, 6) is 2.42. The standard InChI is InChI=1S/C23H20N2O6S/c1-14-10-19-20(29-14)11-15(23(26)25-22-13-17(27-2)8-9-24-22)12-21(19)30-16-4-6-18(7-5-16)32-31-28-3/h4-13H,1-3H3,(H,24,25,26). The second kappa shape index (κ2) is 9.73. The molecule has 0 radical (unpaired) electrons. The minimum Gasteiger partial charge on any atom is -0.497 e. The average molecular weight is 452 g/mol. The average Bonchev–Trinajstić information content (AvgIpc) is 3.19. The van der Waals surface area contributed by atoms with Gasteiger partial charge >= 0.3 is 0 Å². The summed E-state index contributed by atoms with van der Waals surface area (Å²) in [5.41, 5.74) is 0.913. The van der Waals surface area contributed by atoms with Crippen LogP contribution in [0.5, 0.6) is 17.2 Å². The van der Waals surface area contributed by atoms with Crippen molar-refractivity contribution in [3.05, 3.63) is 72.1 Å². The van der Waals surface area contributed by atoms with Gasteiger partial charge in [0.25, 0.3) is 5.91 Å². The van der Waals surface area contributed by atoms with E-state index in [0.29, 0.717) is 40.0 Å². The zero-order valence-electron chi connectivity index (χ0n) is 17.6. The fourth-order valence-corrected chi connectivity index (χ4v) is 3.40. The molecule has 1 amide bonds. The van der Waals surface area contributed by atoms with Crippen molar-refractivity contribution in [1.29, 1.82) is 0 Å². The number of carbonyl (C=O) groups excluding carboxylic acids is 1. The number of carbonyl (C=O) groups is 1. The fraction of sp³-hybridized carbons (Fsp3) is 0.130. The van der Waals surface area contributed by atoms with Crippen molar-refractivity contribution < 1.29 is 27.9 Å². The molecule has 0 atom stereocenters. The number of pyridine rings is 1. The summed E-state index contributed by atoms with van der Waals surface area (Å²) in [7, 11) is 2.99. The minimum absolute atomic E-state index is 0.352. The van der Waals surface area contributed by atoms with Gasteiger partial charge in [0.05, 0.1) is 31.6 Å². The topological polar surface area (TPSA) is 92.1 Å². The van der Waals surface area contributed by atoms with Crippen molar-refractivity contribution in [2.45, 2.75) is 11.8 Å². The van der Waals surface area contributed by atoms with Crippen molar-refractivity contribution in [3.63, 3.8) is 0 Å². The summed E-state index contributed by atoms with van der Waals surface area (Å²) in [4.78, 5) is 22.5. The second-order valence-electron chi connectivity index (χ2n) is 6.67. The number of fused-ring (bicyclic) bond motifs is 1. The van der Waals surface area contributed by atoms with E-state index in [2.05, 4.69) is 15.2 Å². The van der Waals surface area contributed by atoms with E-state index < -0.39 is 0 Å². The predicted octanol–water partition coefficient (Wildman–Crippen LogP) is 5.77. The van der Waals surface area contributed by atoms with Crippen LogP contribution in [0.25, 0.3) is 11.0 Å². The van der Waals surface area contributed by atoms with Crippen LogP contribution in [-0.4, -0.2) is 25.1 Å². The molecule has 4 rings (SSSR count). The first-order valence-electron chi connectivity index (χ1n) is 9.56. The van der Waals surface area contributed by atoms with Crippen LogP contribution in [0, 0.1) is 6.92 Å². The van der Waals surface area contributed by atoms with E-state index in [-0.39, 0.29) is 5.91 Å². The molecule has 4 aromatic rings. The maximum atomic E-state index is 12.9. The molecule has 2 heterocycles. The lowest BCUT2D eigenvalue weighted by Crippen LogP contribution is -2.13. The van der Waals surface area contributed by atoms with E-state index in [0.717, 1.165) is 22.3 Å². The Hall–Kier alpha value is -3.53. The molecule has 0 bridgehead atoms. The molecule has 2 aromatic carbocycles. The Morgan fingerprint density at radius 3 is 2.59 bits per heavy atom. The molecule has 2 aromatic heterocycles. The number of nitrogens with one attached hydrogen (secondary N) is 1. The number of anilines is 1. The van der Waals surface area contributed by atoms with E-state index in [1.54, 1.807) is 49.7 Å². The number of methoxy groups -OCH3 is 1. The molecular weight excluding hydrogens is 432 g/mol. The molecule has 1 N–H and O–H groups in total. The molecule has 32 heavy (non-hydrogen) atoms. The molecule has 0 saturated heterocycles. The molecule has 0 aliphatic rings. The smallest absolute Gasteiger partial charge is 0.257 e. The van der Waals surface area contributed by atoms with Gasteiger partial charge in [0, 0.05) is 22.7 Å². The number of aromatic nitrogens is 1. The summed E-state index contributed by atoms with van der Waals surface area (Å²) >= 11 is 1.09. The summed E-state index contributed by atoms with van der Waals surface area (Å²) in [6, 6.07) is 15.8. The minimum atomic E-state index is -0.352. The maximum Gasteiger partial charge on any atom is 0.257 e. The number of ether oxygens (including phenoxy) is 2. The van der Waals surface area contributed by atoms with Gasteiger partial charge in [-0.15, -0.1) is 0 Å². The van der Waals surface area contributed by atoms with Gasteiger partial charge in [-0.25, -0.2) is 9.87 Å². The van der Waals surface area contributed by atoms with Crippen LogP contribution in [0.15, 0.2) is 70.1 Å². The van der Waals surface area contributed by atoms with E-state index in [9.17, 15) is 4.79 Å². The first-order valence-corrected chi connectivity index (χ1v) is 10.3. The predicted molar refractivity (Wildman–Crippen MR) is 120 cm³/mol. The maximum absolute atomic E-state index is 12.9. The Balaban J connectivity index is 1.61. The van der Waals surface area contributed by atoms with Crippen molar-refractivity contribution >= 4 is 34.7 Å². The third kappa shape index (κ3) is 5.02. The normalized spacial score (nSPS) is 10.8. The van der Waals surface area contributed by atoms with Gasteiger partial charge in [-0.05, 0) is 55.5 Å². The van der Waals surface area contributed by atoms with Gasteiger partial charge in [-0.2, -0.15) is 4.33 Å². The number of hydrogen-bond donors (Lipinski definition) is 1. The lowest BCUT2D eigenvalue weighted by atomic mass is 10.1. The number of nitrogens with zero attached hydrogens (tertiary/aromatic N) is 1. The van der Waals surface area contributed by atoms with Crippen LogP contribution >= 0.6 is 12.0 Å². The summed E-state index contributed by atoms with van der Waals surface area (Å²) in [6.45, 7) is 1.84. The Labute approximate surface area is 188 Å². The molecule has 164 valence electrons. The molecular formula is C23H20N2O6S. The molecule has 0 fully saturated rings. The fourth-order valence-electron chi connectivity index (χ4n) is 3.01. The van der Waals surface area contributed by atoms with Gasteiger partial charge in [0.15, 0.2) is 0 Å². The first-order chi connectivity index (χ1) is 15.6. The van der Waals surface area contributed by atoms with Crippen LogP contribution in [0.1, 0.15) is 16.1 Å². The summed E-state index contributed by atoms with van der Waals surface area (Å²) in [6.07, 6.45) is 1.56. The van der Waals surface area contributed by atoms with Crippen molar-refractivity contribution in [2.24, 2.45) is 0 Å². The molecule has 0 aliphatic carbocycles. The number of hydrogen-bond acceptors (Lipinski definition) is 8. The Kier molecular flexibility index (Phi) is 6.60. The van der Waals surface area contributed by atoms with Crippen LogP contribution < -0.4 is 14.8 Å². The first kappa shape index (κ1) is 21.7. The van der Waals surface area contributed by atoms with Gasteiger partial charge in [0.1, 0.15) is 34.4 Å². The zero-order valence-corrected chi connectivity index (χ0v) is 18.4. The van der Waals surface area contributed by atoms with E-state index in [4.69, 9.17) is 18.2 Å². The van der Waals surface area contributed by atoms with Crippen molar-refractivity contribution in [2.75, 3.05) is 19.5 Å². The highest BCUT2D eigenvalue weighted by molar-refractivity contribution is 7.94. The summed E-state index contributed by atoms with van der Waals surface area (Å²) < 4.78 is 21.9. The van der Waals surface area contributed by atoms with E-state index >= 15 is 0 Å². The van der Waals surface area contributed by atoms with Crippen LogP contribution in [0.4, 0.5) is 5.82 Å². The number of aryl methyl sites for hydroxylation is 1. The van der Waals surface area contributed by atoms with Gasteiger partial charge < -0.3 is 19.2 Å². The van der Waals surface area contributed by atoms with Crippen LogP contribution in [0.3, 0.4) is 0 Å². The highest BCUT2D eigenvalue weighted by Crippen LogP contribution is 2.34. The molecule has 0 unspecified atom stereocenters. The highest BCUT2D eigenvalue weighted by atomic mass is 32.2. The third-order valence-electron chi connectivity index (χ3n) is 4.44. The van der Waals surface area contributed by atoms with Gasteiger partial charge in [0.2, 0.25) is 0 Å². The molecule has 0 aliphatic heterocycles. The van der Waals surface area contributed by atoms with Gasteiger partial charge in [-0.1, -0.05) is 0 Å². The second-order valence-corrected chi connectivity index (χ2v) is 7.44. The quantitative estimate of drug-likeness (QED) is 0.204. The lowest BCUT2D eigenvalue weighted by Gasteiger charge is -2.10. The number of rotatable bonds is 8. The SMILES string of the molecule is COOSc1ccc(Oc2cc(C(=O)Nc3cc(OC)ccn3)cc3oc(C)cc23)cc1. The molecule has 0 saturated carbocycles. The van der Waals surface area contributed by atoms with Crippen molar-refractivity contribution in [1.82, 2.24) is 4.98 Å². The van der Waals surface area contributed by atoms with Crippen molar-refractivity contribution in [3.8, 4) is 17.2 Å². The number of amides is 1. The monoisotopic (exact) mass is 452 g/mol. The molecule has 9 heteroatoms. The largest absolute Gasteiger partial charge is 0.497 e. The Morgan fingerprint density at radius 2 is 1.84 bits per heavy atom. The summed E-state index contributed by atoms with van der Waals surface area (Å²) in [5, 5.41) is 3.53. The zero-order chi connectivity index (χ0) is 22.5. The molecule has 0 spiro atoms. The van der Waals surface area contributed by atoms with E-state index in [1.165, 1.54) is 7.11 Å². The van der Waals surface area contributed by atoms with Gasteiger partial charge in [-0.3, -0.25) is 4.79 Å². The van der Waals surface area contributed by atoms with Crippen LogP contribution in [-0.2, 0) is 9.22 Å². The Bertz CT molecular complexity index is 1240. The van der Waals surface area contributed by atoms with Crippen LogP contribution in [0.2, 0.25) is 0 Å². The highest BCUT2D eigenvalue weighted by Gasteiger charge is 2.16. The number of furan rings is 1. The molecule has 8 nitrogen and oxygen atoms in total. The number of benzene rings is 2. The lowest BCUT2D eigenvalue weighted by molar-refractivity contribution is -0.160. The Morgan fingerprint density at radius 1 is 1.03 bits per heavy atom. The third-order valence-corrected chi connectivity index (χ3v) is 5.11. The van der Waals surface area contributed by atoms with E-state index in [1.807, 2.05) is 25.1 Å².